The van der Waals surface area contributed by atoms with Crippen molar-refractivity contribution in [3.8, 4) is 11.8 Å². The Hall–Kier alpha value is -3.18. The van der Waals surface area contributed by atoms with Gasteiger partial charge in [0.05, 0.1) is 19.4 Å². The number of nitriles is 1. The van der Waals surface area contributed by atoms with Crippen molar-refractivity contribution >= 4 is 34.4 Å². The van der Waals surface area contributed by atoms with E-state index in [1.807, 2.05) is 6.07 Å². The predicted molar refractivity (Wildman–Crippen MR) is 98.0 cm³/mol. The van der Waals surface area contributed by atoms with E-state index in [4.69, 9.17) is 9.47 Å². The molecule has 0 fully saturated rings. The van der Waals surface area contributed by atoms with E-state index >= 15 is 0 Å². The molecule has 1 heterocycles. The minimum Gasteiger partial charge on any atom is -0.497 e. The molecule has 2 aromatic rings. The molecule has 0 saturated heterocycles. The first-order valence-corrected chi connectivity index (χ1v) is 8.51. The second-order valence-corrected chi connectivity index (χ2v) is 6.05. The maximum atomic E-state index is 12.3. The first-order chi connectivity index (χ1) is 12.5. The van der Waals surface area contributed by atoms with E-state index in [0.29, 0.717) is 21.9 Å². The highest BCUT2D eigenvalue weighted by Gasteiger charge is 2.18. The number of hydrogen-bond acceptors (Lipinski definition) is 7. The van der Waals surface area contributed by atoms with Crippen LogP contribution in [-0.4, -0.2) is 30.6 Å². The number of nitrogens with zero attached hydrogens (tertiary/aromatic N) is 2. The summed E-state index contributed by atoms with van der Waals surface area (Å²) in [6.07, 6.45) is 1.46. The first kappa shape index (κ1) is 19.1. The predicted octanol–water partition coefficient (Wildman–Crippen LogP) is 3.18. The Balaban J connectivity index is 2.16. The molecular formula is C18H17N3O4S. The molecule has 0 atom stereocenters. The highest BCUT2D eigenvalue weighted by molar-refractivity contribution is 7.17. The number of methoxy groups -OCH3 is 1. The zero-order valence-corrected chi connectivity index (χ0v) is 15.3. The second-order valence-electron chi connectivity index (χ2n) is 5.05. The van der Waals surface area contributed by atoms with Crippen LogP contribution in [0, 0.1) is 18.3 Å². The van der Waals surface area contributed by atoms with Crippen molar-refractivity contribution in [3.63, 3.8) is 0 Å². The maximum absolute atomic E-state index is 12.3. The van der Waals surface area contributed by atoms with Crippen molar-refractivity contribution < 1.29 is 19.1 Å². The van der Waals surface area contributed by atoms with Crippen LogP contribution in [-0.2, 0) is 9.53 Å². The maximum Gasteiger partial charge on any atom is 0.350 e. The molecule has 7 nitrogen and oxygen atoms in total. The molecule has 0 bridgehead atoms. The Kier molecular flexibility index (Phi) is 6.47. The van der Waals surface area contributed by atoms with Gasteiger partial charge in [0.25, 0.3) is 5.91 Å². The smallest absolute Gasteiger partial charge is 0.350 e. The van der Waals surface area contributed by atoms with Crippen LogP contribution in [0.4, 0.5) is 5.13 Å². The lowest BCUT2D eigenvalue weighted by molar-refractivity contribution is -0.112. The van der Waals surface area contributed by atoms with Gasteiger partial charge in [-0.1, -0.05) is 23.5 Å². The van der Waals surface area contributed by atoms with Crippen molar-refractivity contribution in [2.75, 3.05) is 19.0 Å². The molecule has 1 aromatic carbocycles. The van der Waals surface area contributed by atoms with Gasteiger partial charge in [-0.15, -0.1) is 0 Å². The van der Waals surface area contributed by atoms with Crippen molar-refractivity contribution in [1.29, 1.82) is 5.26 Å². The van der Waals surface area contributed by atoms with Gasteiger partial charge in [-0.2, -0.15) is 5.26 Å². The van der Waals surface area contributed by atoms with Crippen LogP contribution in [0.15, 0.2) is 29.8 Å². The van der Waals surface area contributed by atoms with E-state index in [0.717, 1.165) is 11.3 Å². The largest absolute Gasteiger partial charge is 0.497 e. The molecule has 0 spiro atoms. The molecule has 0 aliphatic rings. The number of thiazole rings is 1. The molecule has 1 amide bonds. The van der Waals surface area contributed by atoms with Gasteiger partial charge in [0.2, 0.25) is 0 Å². The number of rotatable bonds is 6. The monoisotopic (exact) mass is 371 g/mol. The summed E-state index contributed by atoms with van der Waals surface area (Å²) in [6.45, 7) is 3.61. The zero-order valence-electron chi connectivity index (χ0n) is 14.5. The summed E-state index contributed by atoms with van der Waals surface area (Å²) >= 11 is 1.00. The second kappa shape index (κ2) is 8.78. The molecule has 134 valence electrons. The summed E-state index contributed by atoms with van der Waals surface area (Å²) in [5.41, 5.74) is 1.06. The summed E-state index contributed by atoms with van der Waals surface area (Å²) < 4.78 is 10.0. The Morgan fingerprint density at radius 3 is 2.62 bits per heavy atom. The summed E-state index contributed by atoms with van der Waals surface area (Å²) in [7, 11) is 1.56. The number of aryl methyl sites for hydroxylation is 1. The fraction of sp³-hybridized carbons (Fsp3) is 0.222. The van der Waals surface area contributed by atoms with Crippen molar-refractivity contribution in [2.24, 2.45) is 0 Å². The molecule has 1 aromatic heterocycles. The van der Waals surface area contributed by atoms with Gasteiger partial charge >= 0.3 is 5.97 Å². The highest BCUT2D eigenvalue weighted by atomic mass is 32.1. The van der Waals surface area contributed by atoms with E-state index in [-0.39, 0.29) is 17.3 Å². The molecule has 0 unspecified atom stereocenters. The number of anilines is 1. The number of carbonyl (C=O) groups excluding carboxylic acids is 2. The Morgan fingerprint density at radius 2 is 2.04 bits per heavy atom. The van der Waals surface area contributed by atoms with Crippen LogP contribution in [0.3, 0.4) is 0 Å². The van der Waals surface area contributed by atoms with Gasteiger partial charge in [-0.3, -0.25) is 10.1 Å². The van der Waals surface area contributed by atoms with Gasteiger partial charge in [-0.05, 0) is 37.6 Å². The summed E-state index contributed by atoms with van der Waals surface area (Å²) in [5, 5.41) is 12.0. The molecule has 0 aliphatic carbocycles. The topological polar surface area (TPSA) is 101 Å². The number of amides is 1. The molecule has 0 aliphatic heterocycles. The molecule has 8 heteroatoms. The summed E-state index contributed by atoms with van der Waals surface area (Å²) in [6, 6.07) is 8.79. The normalized spacial score (nSPS) is 10.8. The summed E-state index contributed by atoms with van der Waals surface area (Å²) in [5.74, 6) is -0.417. The van der Waals surface area contributed by atoms with Gasteiger partial charge in [0.15, 0.2) is 5.13 Å². The quantitative estimate of drug-likeness (QED) is 0.475. The number of benzene rings is 1. The van der Waals surface area contributed by atoms with Crippen molar-refractivity contribution in [3.05, 3.63) is 46.0 Å². The standard InChI is InChI=1S/C18H17N3O4S/c1-4-25-17(23)15-11(2)20-18(26-15)21-16(22)13(10-19)9-12-5-7-14(24-3)8-6-12/h5-9H,4H2,1-3H3,(H,20,21,22)/b13-9+. The van der Waals surface area contributed by atoms with Crippen LogP contribution < -0.4 is 10.1 Å². The van der Waals surface area contributed by atoms with Gasteiger partial charge in [-0.25, -0.2) is 9.78 Å². The van der Waals surface area contributed by atoms with E-state index < -0.39 is 11.9 Å². The van der Waals surface area contributed by atoms with Crippen LogP contribution >= 0.6 is 11.3 Å². The van der Waals surface area contributed by atoms with Gasteiger partial charge in [0.1, 0.15) is 22.3 Å². The van der Waals surface area contributed by atoms with Crippen molar-refractivity contribution in [1.82, 2.24) is 4.98 Å². The Bertz CT molecular complexity index is 879. The molecule has 26 heavy (non-hydrogen) atoms. The molecule has 1 N–H and O–H groups in total. The third-order valence-corrected chi connectivity index (χ3v) is 4.32. The van der Waals surface area contributed by atoms with E-state index in [1.165, 1.54) is 6.08 Å². The third kappa shape index (κ3) is 4.68. The molecule has 2 rings (SSSR count). The minimum absolute atomic E-state index is 0.0827. The molecular weight excluding hydrogens is 354 g/mol. The van der Waals surface area contributed by atoms with Crippen LogP contribution in [0.25, 0.3) is 6.08 Å². The molecule has 0 radical (unpaired) electrons. The lowest BCUT2D eigenvalue weighted by atomic mass is 10.1. The number of carbonyl (C=O) groups is 2. The fourth-order valence-electron chi connectivity index (χ4n) is 2.02. The lowest BCUT2D eigenvalue weighted by Gasteiger charge is -2.02. The van der Waals surface area contributed by atoms with Crippen LogP contribution in [0.5, 0.6) is 5.75 Å². The zero-order chi connectivity index (χ0) is 19.1. The number of ether oxygens (including phenoxy) is 2. The number of esters is 1. The number of hydrogen-bond donors (Lipinski definition) is 1. The SMILES string of the molecule is CCOC(=O)c1sc(NC(=O)/C(C#N)=C/c2ccc(OC)cc2)nc1C. The van der Waals surface area contributed by atoms with Gasteiger partial charge < -0.3 is 9.47 Å². The minimum atomic E-state index is -0.604. The average molecular weight is 371 g/mol. The van der Waals surface area contributed by atoms with Crippen LogP contribution in [0.2, 0.25) is 0 Å². The Morgan fingerprint density at radius 1 is 1.35 bits per heavy atom. The highest BCUT2D eigenvalue weighted by Crippen LogP contribution is 2.24. The number of nitrogens with one attached hydrogen (secondary N) is 1. The fourth-order valence-corrected chi connectivity index (χ4v) is 2.87. The van der Waals surface area contributed by atoms with Crippen LogP contribution in [0.1, 0.15) is 27.9 Å². The Labute approximate surface area is 154 Å². The van der Waals surface area contributed by atoms with Gasteiger partial charge in [0, 0.05) is 0 Å². The molecule has 0 saturated carbocycles. The summed E-state index contributed by atoms with van der Waals surface area (Å²) in [4.78, 5) is 28.6. The van der Waals surface area contributed by atoms with E-state index in [9.17, 15) is 14.9 Å². The lowest BCUT2D eigenvalue weighted by Crippen LogP contribution is -2.13. The third-order valence-electron chi connectivity index (χ3n) is 3.27. The number of aromatic nitrogens is 1. The van der Waals surface area contributed by atoms with E-state index in [2.05, 4.69) is 10.3 Å². The first-order valence-electron chi connectivity index (χ1n) is 7.70. The van der Waals surface area contributed by atoms with E-state index in [1.54, 1.807) is 45.2 Å². The average Bonchev–Trinajstić information content (AvgIpc) is 3.00. The van der Waals surface area contributed by atoms with Crippen molar-refractivity contribution in [2.45, 2.75) is 13.8 Å².